The highest BCUT2D eigenvalue weighted by Crippen LogP contribution is 2.49. The molecule has 0 fully saturated rings. The SMILES string of the molecule is N#CC1=C(N)O[C@@H](C(Cl)(Cl)Cl)C1(C#N)C#N. The van der Waals surface area contributed by atoms with Crippen LogP contribution in [0.4, 0.5) is 0 Å². The number of hydrogen-bond acceptors (Lipinski definition) is 5. The quantitative estimate of drug-likeness (QED) is 0.675. The van der Waals surface area contributed by atoms with Gasteiger partial charge in [-0.2, -0.15) is 15.8 Å². The van der Waals surface area contributed by atoms with Crippen LogP contribution in [0.1, 0.15) is 0 Å². The monoisotopic (exact) mass is 276 g/mol. The van der Waals surface area contributed by atoms with Crippen molar-refractivity contribution in [3.63, 3.8) is 0 Å². The first-order valence-corrected chi connectivity index (χ1v) is 4.93. The fourth-order valence-electron chi connectivity index (χ4n) is 1.31. The van der Waals surface area contributed by atoms with Gasteiger partial charge in [0.15, 0.2) is 6.10 Å². The van der Waals surface area contributed by atoms with E-state index in [1.165, 1.54) is 0 Å². The molecule has 0 aromatic heterocycles. The second-order valence-electron chi connectivity index (χ2n) is 2.92. The Kier molecular flexibility index (Phi) is 3.13. The van der Waals surface area contributed by atoms with Gasteiger partial charge in [-0.25, -0.2) is 0 Å². The van der Waals surface area contributed by atoms with E-state index in [1.54, 1.807) is 18.2 Å². The van der Waals surface area contributed by atoms with Crippen LogP contribution in [0.5, 0.6) is 0 Å². The van der Waals surface area contributed by atoms with E-state index in [4.69, 9.17) is 61.1 Å². The topological polar surface area (TPSA) is 107 Å². The van der Waals surface area contributed by atoms with E-state index in [9.17, 15) is 0 Å². The predicted octanol–water partition coefficient (Wildman–Crippen LogP) is 1.48. The lowest BCUT2D eigenvalue weighted by molar-refractivity contribution is 0.108. The van der Waals surface area contributed by atoms with E-state index in [1.807, 2.05) is 0 Å². The molecule has 1 aliphatic rings. The van der Waals surface area contributed by atoms with Crippen LogP contribution in [-0.2, 0) is 4.74 Å². The van der Waals surface area contributed by atoms with E-state index >= 15 is 0 Å². The van der Waals surface area contributed by atoms with Crippen LogP contribution in [0.15, 0.2) is 11.5 Å². The highest BCUT2D eigenvalue weighted by atomic mass is 35.6. The third-order valence-electron chi connectivity index (χ3n) is 2.04. The summed E-state index contributed by atoms with van der Waals surface area (Å²) in [4.78, 5) is 0. The van der Waals surface area contributed by atoms with Gasteiger partial charge in [-0.3, -0.25) is 0 Å². The molecule has 1 rings (SSSR count). The molecule has 0 saturated carbocycles. The summed E-state index contributed by atoms with van der Waals surface area (Å²) in [5, 5.41) is 26.8. The first-order valence-electron chi connectivity index (χ1n) is 3.79. The first-order chi connectivity index (χ1) is 7.33. The van der Waals surface area contributed by atoms with Crippen LogP contribution in [0, 0.1) is 39.4 Å². The number of nitrogens with zero attached hydrogens (tertiary/aromatic N) is 3. The Balaban J connectivity index is 3.42. The summed E-state index contributed by atoms with van der Waals surface area (Å²) >= 11 is 16.7. The van der Waals surface area contributed by atoms with Gasteiger partial charge in [0.1, 0.15) is 11.6 Å². The van der Waals surface area contributed by atoms with Crippen LogP contribution in [0.3, 0.4) is 0 Å². The lowest BCUT2D eigenvalue weighted by Gasteiger charge is -2.26. The summed E-state index contributed by atoms with van der Waals surface area (Å²) in [6.45, 7) is 0. The van der Waals surface area contributed by atoms with Gasteiger partial charge in [-0.15, -0.1) is 0 Å². The minimum atomic E-state index is -2.05. The number of nitrogens with two attached hydrogens (primary N) is 1. The maximum atomic E-state index is 9.00. The summed E-state index contributed by atoms with van der Waals surface area (Å²) in [5.74, 6) is -0.373. The molecule has 1 aliphatic heterocycles. The smallest absolute Gasteiger partial charge is 0.229 e. The number of nitriles is 3. The Hall–Kier alpha value is -1.32. The van der Waals surface area contributed by atoms with Crippen molar-refractivity contribution >= 4 is 34.8 Å². The van der Waals surface area contributed by atoms with Crippen LogP contribution < -0.4 is 5.73 Å². The molecule has 1 atom stereocenters. The summed E-state index contributed by atoms with van der Waals surface area (Å²) in [5.41, 5.74) is 3.03. The van der Waals surface area contributed by atoms with E-state index in [0.29, 0.717) is 0 Å². The van der Waals surface area contributed by atoms with E-state index in [-0.39, 0.29) is 11.5 Å². The molecule has 0 aromatic rings. The molecule has 0 spiro atoms. The maximum absolute atomic E-state index is 9.00. The first kappa shape index (κ1) is 12.7. The second-order valence-corrected chi connectivity index (χ2v) is 5.29. The average molecular weight is 277 g/mol. The van der Waals surface area contributed by atoms with Crippen LogP contribution in [0.2, 0.25) is 0 Å². The molecule has 0 amide bonds. The molecule has 8 heteroatoms. The maximum Gasteiger partial charge on any atom is 0.229 e. The molecule has 0 aromatic carbocycles. The molecule has 1 heterocycles. The molecule has 82 valence electrons. The lowest BCUT2D eigenvalue weighted by atomic mass is 9.80. The number of alkyl halides is 3. The third kappa shape index (κ3) is 1.62. The number of hydrogen-bond donors (Lipinski definition) is 1. The Morgan fingerprint density at radius 2 is 1.75 bits per heavy atom. The highest BCUT2D eigenvalue weighted by Gasteiger charge is 2.60. The van der Waals surface area contributed by atoms with E-state index < -0.39 is 15.3 Å². The lowest BCUT2D eigenvalue weighted by Crippen LogP contribution is -2.40. The molecule has 0 unspecified atom stereocenters. The van der Waals surface area contributed by atoms with Crippen LogP contribution >= 0.6 is 34.8 Å². The Morgan fingerprint density at radius 3 is 2.06 bits per heavy atom. The van der Waals surface area contributed by atoms with Crippen molar-refractivity contribution in [3.8, 4) is 18.2 Å². The third-order valence-corrected chi connectivity index (χ3v) is 2.64. The standard InChI is InChI=1S/C8H3Cl3N4O/c9-8(10,11)6-7(2-13,3-14)4(1-12)5(15)16-6/h6H,15H2/t6-/m1/s1. The molecule has 2 N–H and O–H groups in total. The van der Waals surface area contributed by atoms with Gasteiger partial charge in [0.25, 0.3) is 0 Å². The fourth-order valence-corrected chi connectivity index (χ4v) is 1.93. The van der Waals surface area contributed by atoms with Gasteiger partial charge in [-0.05, 0) is 0 Å². The molecule has 0 bridgehead atoms. The Labute approximate surface area is 106 Å². The molecule has 0 aliphatic carbocycles. The number of rotatable bonds is 0. The fraction of sp³-hybridized carbons (Fsp3) is 0.375. The number of halogens is 3. The normalized spacial score (nSPS) is 22.9. The van der Waals surface area contributed by atoms with Crippen molar-refractivity contribution in [1.82, 2.24) is 0 Å². The molecule has 0 radical (unpaired) electrons. The zero-order chi connectivity index (χ0) is 12.6. The van der Waals surface area contributed by atoms with Crippen molar-refractivity contribution in [2.24, 2.45) is 11.1 Å². The van der Waals surface area contributed by atoms with Crippen molar-refractivity contribution in [3.05, 3.63) is 11.5 Å². The number of ether oxygens (including phenoxy) is 1. The minimum absolute atomic E-state index is 0.339. The van der Waals surface area contributed by atoms with Gasteiger partial charge in [0.05, 0.1) is 12.1 Å². The van der Waals surface area contributed by atoms with Crippen molar-refractivity contribution < 1.29 is 4.74 Å². The summed E-state index contributed by atoms with van der Waals surface area (Å²) < 4.78 is 2.87. The highest BCUT2D eigenvalue weighted by molar-refractivity contribution is 6.68. The van der Waals surface area contributed by atoms with E-state index in [2.05, 4.69) is 0 Å². The molecular weight excluding hydrogens is 274 g/mol. The molecule has 5 nitrogen and oxygen atoms in total. The largest absolute Gasteiger partial charge is 0.467 e. The summed E-state index contributed by atoms with van der Waals surface area (Å²) in [6, 6.07) is 4.85. The van der Waals surface area contributed by atoms with Crippen molar-refractivity contribution in [1.29, 1.82) is 15.8 Å². The van der Waals surface area contributed by atoms with Gasteiger partial charge in [-0.1, -0.05) is 34.8 Å². The van der Waals surface area contributed by atoms with Crippen molar-refractivity contribution in [2.45, 2.75) is 9.90 Å². The summed E-state index contributed by atoms with van der Waals surface area (Å²) in [7, 11) is 0. The van der Waals surface area contributed by atoms with Crippen LogP contribution in [-0.4, -0.2) is 9.90 Å². The Bertz CT molecular complexity index is 459. The molecular formula is C8H3Cl3N4O. The average Bonchev–Trinajstić information content (AvgIpc) is 2.50. The zero-order valence-electron chi connectivity index (χ0n) is 7.54. The predicted molar refractivity (Wildman–Crippen MR) is 55.6 cm³/mol. The van der Waals surface area contributed by atoms with Gasteiger partial charge < -0.3 is 10.5 Å². The second kappa shape index (κ2) is 3.92. The van der Waals surface area contributed by atoms with Crippen molar-refractivity contribution in [2.75, 3.05) is 0 Å². The van der Waals surface area contributed by atoms with Gasteiger partial charge in [0, 0.05) is 0 Å². The summed E-state index contributed by atoms with van der Waals surface area (Å²) in [6.07, 6.45) is -1.44. The minimum Gasteiger partial charge on any atom is -0.467 e. The van der Waals surface area contributed by atoms with E-state index in [0.717, 1.165) is 0 Å². The molecule has 0 saturated heterocycles. The molecule has 16 heavy (non-hydrogen) atoms. The zero-order valence-corrected chi connectivity index (χ0v) is 9.81. The Morgan fingerprint density at radius 1 is 1.25 bits per heavy atom. The van der Waals surface area contributed by atoms with Gasteiger partial charge >= 0.3 is 0 Å². The van der Waals surface area contributed by atoms with Gasteiger partial charge in [0.2, 0.25) is 15.1 Å². The van der Waals surface area contributed by atoms with Crippen LogP contribution in [0.25, 0.3) is 0 Å².